The van der Waals surface area contributed by atoms with Crippen LogP contribution in [0, 0.1) is 13.8 Å². The van der Waals surface area contributed by atoms with Crippen molar-refractivity contribution in [3.05, 3.63) is 57.3 Å². The molecule has 0 saturated heterocycles. The van der Waals surface area contributed by atoms with Gasteiger partial charge in [0.1, 0.15) is 0 Å². The van der Waals surface area contributed by atoms with Crippen LogP contribution in [0.2, 0.25) is 0 Å². The summed E-state index contributed by atoms with van der Waals surface area (Å²) in [5.74, 6) is 0. The Morgan fingerprint density at radius 1 is 1.22 bits per heavy atom. The van der Waals surface area contributed by atoms with Crippen molar-refractivity contribution in [1.29, 1.82) is 0 Å². The monoisotopic (exact) mass is 259 g/mol. The molecule has 2 heteroatoms. The Bertz CT molecular complexity index is 488. The van der Waals surface area contributed by atoms with Gasteiger partial charge in [-0.15, -0.1) is 11.3 Å². The highest BCUT2D eigenvalue weighted by Gasteiger charge is 2.05. The molecule has 2 aromatic rings. The molecule has 96 valence electrons. The van der Waals surface area contributed by atoms with Gasteiger partial charge in [0.25, 0.3) is 0 Å². The summed E-state index contributed by atoms with van der Waals surface area (Å²) in [5.41, 5.74) is 4.12. The lowest BCUT2D eigenvalue weighted by molar-refractivity contribution is 0.547. The summed E-state index contributed by atoms with van der Waals surface area (Å²) in [6.07, 6.45) is 1.11. The van der Waals surface area contributed by atoms with Gasteiger partial charge in [-0.2, -0.15) is 0 Å². The number of hydrogen-bond donors (Lipinski definition) is 1. The van der Waals surface area contributed by atoms with Gasteiger partial charge in [-0.25, -0.2) is 0 Å². The minimum absolute atomic E-state index is 0.518. The van der Waals surface area contributed by atoms with Gasteiger partial charge in [0.05, 0.1) is 0 Å². The molecule has 0 aliphatic carbocycles. The summed E-state index contributed by atoms with van der Waals surface area (Å²) in [7, 11) is 0. The standard InChI is InChI=1S/C16H21NS/c1-12-6-7-15(13(2)9-12)11-17-14(3)10-16-5-4-8-18-16/h4-9,14,17H,10-11H2,1-3H3. The first-order valence-electron chi connectivity index (χ1n) is 6.47. The highest BCUT2D eigenvalue weighted by molar-refractivity contribution is 7.09. The van der Waals surface area contributed by atoms with Crippen LogP contribution in [0.5, 0.6) is 0 Å². The molecule has 1 unspecified atom stereocenters. The van der Waals surface area contributed by atoms with Crippen molar-refractivity contribution < 1.29 is 0 Å². The molecule has 0 spiro atoms. The van der Waals surface area contributed by atoms with Crippen molar-refractivity contribution in [3.8, 4) is 0 Å². The van der Waals surface area contributed by atoms with Gasteiger partial charge in [0.2, 0.25) is 0 Å². The summed E-state index contributed by atoms with van der Waals surface area (Å²) in [6, 6.07) is 11.5. The Balaban J connectivity index is 1.87. The zero-order valence-electron chi connectivity index (χ0n) is 11.4. The quantitative estimate of drug-likeness (QED) is 0.853. The summed E-state index contributed by atoms with van der Waals surface area (Å²) < 4.78 is 0. The lowest BCUT2D eigenvalue weighted by Gasteiger charge is -2.14. The van der Waals surface area contributed by atoms with Crippen LogP contribution in [0.1, 0.15) is 28.5 Å². The maximum Gasteiger partial charge on any atom is 0.0210 e. The Morgan fingerprint density at radius 2 is 2.06 bits per heavy atom. The van der Waals surface area contributed by atoms with Gasteiger partial charge in [0, 0.05) is 17.5 Å². The molecule has 0 aliphatic heterocycles. The number of nitrogens with one attached hydrogen (secondary N) is 1. The molecule has 1 aromatic heterocycles. The first-order chi connectivity index (χ1) is 8.65. The van der Waals surface area contributed by atoms with Crippen molar-refractivity contribution in [2.45, 2.75) is 39.8 Å². The predicted octanol–water partition coefficient (Wildman–Crippen LogP) is 4.09. The average molecular weight is 259 g/mol. The summed E-state index contributed by atoms with van der Waals surface area (Å²) in [4.78, 5) is 1.45. The van der Waals surface area contributed by atoms with Gasteiger partial charge in [-0.3, -0.25) is 0 Å². The zero-order valence-corrected chi connectivity index (χ0v) is 12.2. The molecule has 0 bridgehead atoms. The molecule has 1 nitrogen and oxygen atoms in total. The molecule has 1 heterocycles. The van der Waals surface area contributed by atoms with E-state index in [2.05, 4.69) is 61.8 Å². The van der Waals surface area contributed by atoms with E-state index in [1.54, 1.807) is 0 Å². The topological polar surface area (TPSA) is 12.0 Å². The highest BCUT2D eigenvalue weighted by atomic mass is 32.1. The van der Waals surface area contributed by atoms with E-state index in [-0.39, 0.29) is 0 Å². The molecular formula is C16H21NS. The van der Waals surface area contributed by atoms with Crippen molar-refractivity contribution in [2.75, 3.05) is 0 Å². The second-order valence-electron chi connectivity index (χ2n) is 5.00. The second kappa shape index (κ2) is 6.17. The van der Waals surface area contributed by atoms with E-state index < -0.39 is 0 Å². The normalized spacial score (nSPS) is 12.6. The van der Waals surface area contributed by atoms with Crippen LogP contribution >= 0.6 is 11.3 Å². The van der Waals surface area contributed by atoms with E-state index in [4.69, 9.17) is 0 Å². The molecule has 0 fully saturated rings. The largest absolute Gasteiger partial charge is 0.310 e. The number of thiophene rings is 1. The summed E-state index contributed by atoms with van der Waals surface area (Å²) >= 11 is 1.84. The molecule has 0 saturated carbocycles. The van der Waals surface area contributed by atoms with Gasteiger partial charge in [0.15, 0.2) is 0 Å². The van der Waals surface area contributed by atoms with Crippen LogP contribution in [0.4, 0.5) is 0 Å². The van der Waals surface area contributed by atoms with Crippen molar-refractivity contribution in [3.63, 3.8) is 0 Å². The van der Waals surface area contributed by atoms with Crippen molar-refractivity contribution in [1.82, 2.24) is 5.32 Å². The van der Waals surface area contributed by atoms with Gasteiger partial charge < -0.3 is 5.32 Å². The molecule has 0 radical (unpaired) electrons. The average Bonchev–Trinajstić information content (AvgIpc) is 2.80. The van der Waals surface area contributed by atoms with E-state index >= 15 is 0 Å². The predicted molar refractivity (Wildman–Crippen MR) is 80.2 cm³/mol. The smallest absolute Gasteiger partial charge is 0.0210 e. The van der Waals surface area contributed by atoms with E-state index in [0.717, 1.165) is 13.0 Å². The third-order valence-electron chi connectivity index (χ3n) is 3.23. The Kier molecular flexibility index (Phi) is 4.56. The van der Waals surface area contributed by atoms with Gasteiger partial charge in [-0.1, -0.05) is 29.8 Å². The van der Waals surface area contributed by atoms with Crippen LogP contribution in [0.3, 0.4) is 0 Å². The number of rotatable bonds is 5. The van der Waals surface area contributed by atoms with E-state index in [0.29, 0.717) is 6.04 Å². The SMILES string of the molecule is Cc1ccc(CNC(C)Cc2cccs2)c(C)c1. The first kappa shape index (κ1) is 13.3. The number of hydrogen-bond acceptors (Lipinski definition) is 2. The minimum atomic E-state index is 0.518. The summed E-state index contributed by atoms with van der Waals surface area (Å²) in [6.45, 7) is 7.54. The molecule has 2 rings (SSSR count). The lowest BCUT2D eigenvalue weighted by atomic mass is 10.1. The Morgan fingerprint density at radius 3 is 2.72 bits per heavy atom. The van der Waals surface area contributed by atoms with Crippen molar-refractivity contribution >= 4 is 11.3 Å². The van der Waals surface area contributed by atoms with Gasteiger partial charge in [-0.05, 0) is 49.8 Å². The fraction of sp³-hybridized carbons (Fsp3) is 0.375. The molecule has 1 atom stereocenters. The number of aryl methyl sites for hydroxylation is 2. The maximum atomic E-state index is 3.60. The summed E-state index contributed by atoms with van der Waals surface area (Å²) in [5, 5.41) is 5.75. The highest BCUT2D eigenvalue weighted by Crippen LogP contribution is 2.13. The molecule has 0 amide bonds. The Labute approximate surface area is 114 Å². The first-order valence-corrected chi connectivity index (χ1v) is 7.35. The second-order valence-corrected chi connectivity index (χ2v) is 6.03. The van der Waals surface area contributed by atoms with Gasteiger partial charge >= 0.3 is 0 Å². The molecule has 1 aromatic carbocycles. The van der Waals surface area contributed by atoms with Crippen LogP contribution in [0.15, 0.2) is 35.7 Å². The minimum Gasteiger partial charge on any atom is -0.310 e. The molecule has 1 N–H and O–H groups in total. The number of benzene rings is 1. The fourth-order valence-electron chi connectivity index (χ4n) is 2.13. The third-order valence-corrected chi connectivity index (χ3v) is 4.13. The molecule has 0 aliphatic rings. The van der Waals surface area contributed by atoms with Crippen LogP contribution in [0.25, 0.3) is 0 Å². The fourth-order valence-corrected chi connectivity index (χ4v) is 2.97. The maximum absolute atomic E-state index is 3.60. The van der Waals surface area contributed by atoms with E-state index in [1.165, 1.54) is 21.6 Å². The van der Waals surface area contributed by atoms with E-state index in [9.17, 15) is 0 Å². The van der Waals surface area contributed by atoms with Crippen LogP contribution < -0.4 is 5.32 Å². The molecule has 18 heavy (non-hydrogen) atoms. The van der Waals surface area contributed by atoms with Crippen LogP contribution in [-0.2, 0) is 13.0 Å². The third kappa shape index (κ3) is 3.69. The zero-order chi connectivity index (χ0) is 13.0. The van der Waals surface area contributed by atoms with Crippen molar-refractivity contribution in [2.24, 2.45) is 0 Å². The molecular weight excluding hydrogens is 238 g/mol. The Hall–Kier alpha value is -1.12. The van der Waals surface area contributed by atoms with E-state index in [1.807, 2.05) is 11.3 Å². The lowest BCUT2D eigenvalue weighted by Crippen LogP contribution is -2.27. The van der Waals surface area contributed by atoms with Crippen LogP contribution in [-0.4, -0.2) is 6.04 Å².